The molecule has 1 heterocycles. The standard InChI is InChI=1S/C15H20N2O2S/c1-12(7-8-13-5-3-2-4-6-13)16-14(18)11-17-9-10-20-15(17)19/h2-6,12H,7-11H2,1H3,(H,16,18). The highest BCUT2D eigenvalue weighted by Gasteiger charge is 2.23. The fourth-order valence-corrected chi connectivity index (χ4v) is 2.99. The van der Waals surface area contributed by atoms with Gasteiger partial charge in [-0.25, -0.2) is 0 Å². The van der Waals surface area contributed by atoms with Crippen LogP contribution in [0.2, 0.25) is 0 Å². The lowest BCUT2D eigenvalue weighted by atomic mass is 10.1. The van der Waals surface area contributed by atoms with E-state index in [4.69, 9.17) is 0 Å². The van der Waals surface area contributed by atoms with E-state index in [1.807, 2.05) is 25.1 Å². The smallest absolute Gasteiger partial charge is 0.282 e. The summed E-state index contributed by atoms with van der Waals surface area (Å²) in [7, 11) is 0. The minimum Gasteiger partial charge on any atom is -0.352 e. The molecule has 1 aromatic rings. The van der Waals surface area contributed by atoms with E-state index >= 15 is 0 Å². The van der Waals surface area contributed by atoms with Crippen molar-refractivity contribution in [3.8, 4) is 0 Å². The van der Waals surface area contributed by atoms with E-state index in [9.17, 15) is 9.59 Å². The molecule has 5 heteroatoms. The molecule has 1 N–H and O–H groups in total. The number of carbonyl (C=O) groups excluding carboxylic acids is 2. The zero-order valence-corrected chi connectivity index (χ0v) is 12.5. The molecule has 0 radical (unpaired) electrons. The first kappa shape index (κ1) is 14.9. The quantitative estimate of drug-likeness (QED) is 0.875. The maximum atomic E-state index is 11.9. The highest BCUT2D eigenvalue weighted by molar-refractivity contribution is 8.13. The molecule has 2 rings (SSSR count). The molecule has 0 aliphatic carbocycles. The van der Waals surface area contributed by atoms with Gasteiger partial charge < -0.3 is 10.2 Å². The Morgan fingerprint density at radius 2 is 2.15 bits per heavy atom. The van der Waals surface area contributed by atoms with Crippen molar-refractivity contribution in [2.24, 2.45) is 0 Å². The van der Waals surface area contributed by atoms with Gasteiger partial charge in [0.1, 0.15) is 6.54 Å². The van der Waals surface area contributed by atoms with E-state index in [1.165, 1.54) is 17.3 Å². The number of benzene rings is 1. The minimum absolute atomic E-state index is 0.0112. The van der Waals surface area contributed by atoms with Crippen molar-refractivity contribution < 1.29 is 9.59 Å². The molecule has 1 atom stereocenters. The van der Waals surface area contributed by atoms with Crippen LogP contribution in [0.3, 0.4) is 0 Å². The largest absolute Gasteiger partial charge is 0.352 e. The van der Waals surface area contributed by atoms with E-state index < -0.39 is 0 Å². The molecule has 1 saturated heterocycles. The topological polar surface area (TPSA) is 49.4 Å². The molecule has 0 bridgehead atoms. The van der Waals surface area contributed by atoms with Crippen molar-refractivity contribution in [3.63, 3.8) is 0 Å². The Balaban J connectivity index is 1.69. The summed E-state index contributed by atoms with van der Waals surface area (Å²) in [5.74, 6) is 0.719. The second-order valence-electron chi connectivity index (χ2n) is 5.03. The van der Waals surface area contributed by atoms with Gasteiger partial charge >= 0.3 is 0 Å². The summed E-state index contributed by atoms with van der Waals surface area (Å²) >= 11 is 1.28. The molecule has 1 unspecified atom stereocenters. The number of rotatable bonds is 6. The lowest BCUT2D eigenvalue weighted by Gasteiger charge is -2.17. The van der Waals surface area contributed by atoms with Crippen LogP contribution in [0, 0.1) is 0 Å². The normalized spacial score (nSPS) is 16.2. The average molecular weight is 292 g/mol. The first-order valence-electron chi connectivity index (χ1n) is 6.90. The Bertz CT molecular complexity index is 464. The number of carbonyl (C=O) groups is 2. The van der Waals surface area contributed by atoms with Gasteiger partial charge in [0, 0.05) is 18.3 Å². The Kier molecular flexibility index (Phi) is 5.47. The number of amides is 2. The van der Waals surface area contributed by atoms with E-state index in [0.717, 1.165) is 18.6 Å². The third kappa shape index (κ3) is 4.56. The molecule has 1 aromatic carbocycles. The Morgan fingerprint density at radius 1 is 1.40 bits per heavy atom. The summed E-state index contributed by atoms with van der Waals surface area (Å²) < 4.78 is 0. The number of nitrogens with one attached hydrogen (secondary N) is 1. The van der Waals surface area contributed by atoms with Crippen LogP contribution < -0.4 is 5.32 Å². The van der Waals surface area contributed by atoms with E-state index in [0.29, 0.717) is 6.54 Å². The van der Waals surface area contributed by atoms with E-state index in [2.05, 4.69) is 17.4 Å². The molecule has 1 aliphatic rings. The van der Waals surface area contributed by atoms with Gasteiger partial charge in [0.05, 0.1) is 0 Å². The van der Waals surface area contributed by atoms with Crippen molar-refractivity contribution in [3.05, 3.63) is 35.9 Å². The zero-order chi connectivity index (χ0) is 14.4. The van der Waals surface area contributed by atoms with Crippen molar-refractivity contribution >= 4 is 22.9 Å². The van der Waals surface area contributed by atoms with E-state index in [1.54, 1.807) is 4.90 Å². The van der Waals surface area contributed by atoms with Gasteiger partial charge in [0.2, 0.25) is 5.91 Å². The molecular weight excluding hydrogens is 272 g/mol. The Hall–Kier alpha value is -1.49. The van der Waals surface area contributed by atoms with E-state index in [-0.39, 0.29) is 23.7 Å². The molecular formula is C15H20N2O2S. The number of hydrogen-bond acceptors (Lipinski definition) is 3. The first-order chi connectivity index (χ1) is 9.65. The van der Waals surface area contributed by atoms with Crippen molar-refractivity contribution in [1.29, 1.82) is 0 Å². The SMILES string of the molecule is CC(CCc1ccccc1)NC(=O)CN1CCSC1=O. The first-order valence-corrected chi connectivity index (χ1v) is 7.88. The average Bonchev–Trinajstić information content (AvgIpc) is 2.83. The molecule has 108 valence electrons. The number of hydrogen-bond donors (Lipinski definition) is 1. The van der Waals surface area contributed by atoms with Crippen LogP contribution >= 0.6 is 11.8 Å². The molecule has 0 spiro atoms. The van der Waals surface area contributed by atoms with Gasteiger partial charge in [-0.3, -0.25) is 9.59 Å². The number of thioether (sulfide) groups is 1. The van der Waals surface area contributed by atoms with Crippen molar-refractivity contribution in [1.82, 2.24) is 10.2 Å². The zero-order valence-electron chi connectivity index (χ0n) is 11.7. The maximum Gasteiger partial charge on any atom is 0.282 e. The Labute approximate surface area is 123 Å². The maximum absolute atomic E-state index is 11.9. The van der Waals surface area contributed by atoms with Crippen molar-refractivity contribution in [2.75, 3.05) is 18.8 Å². The molecule has 1 aliphatic heterocycles. The summed E-state index contributed by atoms with van der Waals surface area (Å²) in [5.41, 5.74) is 1.28. The van der Waals surface area contributed by atoms with Gasteiger partial charge in [-0.15, -0.1) is 0 Å². The lowest BCUT2D eigenvalue weighted by Crippen LogP contribution is -2.41. The predicted molar refractivity (Wildman–Crippen MR) is 81.8 cm³/mol. The lowest BCUT2D eigenvalue weighted by molar-refractivity contribution is -0.122. The molecule has 0 saturated carbocycles. The van der Waals surface area contributed by atoms with Crippen LogP contribution in [-0.4, -0.2) is 40.9 Å². The van der Waals surface area contributed by atoms with Crippen LogP contribution in [0.25, 0.3) is 0 Å². The summed E-state index contributed by atoms with van der Waals surface area (Å²) in [6.07, 6.45) is 1.85. The summed E-state index contributed by atoms with van der Waals surface area (Å²) in [6.45, 7) is 2.86. The third-order valence-electron chi connectivity index (χ3n) is 3.30. The third-order valence-corrected chi connectivity index (χ3v) is 4.19. The second kappa shape index (κ2) is 7.33. The van der Waals surface area contributed by atoms with Crippen LogP contribution in [0.15, 0.2) is 30.3 Å². The molecule has 0 aromatic heterocycles. The second-order valence-corrected chi connectivity index (χ2v) is 6.07. The predicted octanol–water partition coefficient (Wildman–Crippen LogP) is 2.29. The van der Waals surface area contributed by atoms with Gasteiger partial charge in [-0.1, -0.05) is 42.1 Å². The van der Waals surface area contributed by atoms with Gasteiger partial charge in [0.15, 0.2) is 0 Å². The highest BCUT2D eigenvalue weighted by atomic mass is 32.2. The van der Waals surface area contributed by atoms with Crippen molar-refractivity contribution in [2.45, 2.75) is 25.8 Å². The monoisotopic (exact) mass is 292 g/mol. The Morgan fingerprint density at radius 3 is 2.80 bits per heavy atom. The minimum atomic E-state index is -0.0681. The van der Waals surface area contributed by atoms with Gasteiger partial charge in [-0.05, 0) is 25.3 Å². The fourth-order valence-electron chi connectivity index (χ4n) is 2.16. The molecule has 2 amide bonds. The molecule has 20 heavy (non-hydrogen) atoms. The van der Waals surface area contributed by atoms with Crippen LogP contribution in [0.5, 0.6) is 0 Å². The number of nitrogens with zero attached hydrogens (tertiary/aromatic N) is 1. The molecule has 1 fully saturated rings. The summed E-state index contributed by atoms with van der Waals surface area (Å²) in [5, 5.41) is 2.97. The van der Waals surface area contributed by atoms with Crippen LogP contribution in [0.4, 0.5) is 4.79 Å². The van der Waals surface area contributed by atoms with Gasteiger partial charge in [-0.2, -0.15) is 0 Å². The molecule has 4 nitrogen and oxygen atoms in total. The van der Waals surface area contributed by atoms with Gasteiger partial charge in [0.25, 0.3) is 5.24 Å². The fraction of sp³-hybridized carbons (Fsp3) is 0.467. The summed E-state index contributed by atoms with van der Waals surface area (Å²) in [6, 6.07) is 10.3. The summed E-state index contributed by atoms with van der Waals surface area (Å²) in [4.78, 5) is 24.9. The van der Waals surface area contributed by atoms with Crippen LogP contribution in [0.1, 0.15) is 18.9 Å². The number of aryl methyl sites for hydroxylation is 1. The highest BCUT2D eigenvalue weighted by Crippen LogP contribution is 2.16. The van der Waals surface area contributed by atoms with Crippen LogP contribution in [-0.2, 0) is 11.2 Å².